The minimum absolute atomic E-state index is 0.188. The van der Waals surface area contributed by atoms with E-state index in [4.69, 9.17) is 9.47 Å². The number of hydrazone groups is 1. The molecule has 9 nitrogen and oxygen atoms in total. The van der Waals surface area contributed by atoms with E-state index in [9.17, 15) is 14.4 Å². The molecule has 0 spiro atoms. The molecule has 3 amide bonds. The number of aryl methyl sites for hydroxylation is 1. The molecule has 0 aliphatic heterocycles. The Morgan fingerprint density at radius 1 is 0.941 bits per heavy atom. The maximum Gasteiger partial charge on any atom is 0.329 e. The summed E-state index contributed by atoms with van der Waals surface area (Å²) in [5.74, 6) is -1.04. The third-order valence-corrected chi connectivity index (χ3v) is 4.67. The predicted octanol–water partition coefficient (Wildman–Crippen LogP) is 3.03. The summed E-state index contributed by atoms with van der Waals surface area (Å²) in [6.07, 6.45) is 4.03. The quantitative estimate of drug-likeness (QED) is 0.192. The fourth-order valence-electron chi connectivity index (χ4n) is 2.83. The monoisotopic (exact) mass is 468 g/mol. The largest absolute Gasteiger partial charge is 0.490 e. The van der Waals surface area contributed by atoms with Crippen molar-refractivity contribution in [1.29, 1.82) is 0 Å². The number of benzene rings is 2. The number of carbonyl (C=O) groups excluding carboxylic acids is 3. The highest BCUT2D eigenvalue weighted by molar-refractivity contribution is 6.35. The molecule has 9 heteroatoms. The summed E-state index contributed by atoms with van der Waals surface area (Å²) in [6.45, 7) is 6.53. The molecule has 0 aromatic heterocycles. The average Bonchev–Trinajstić information content (AvgIpc) is 2.84. The first-order valence-electron chi connectivity index (χ1n) is 11.4. The van der Waals surface area contributed by atoms with Crippen LogP contribution >= 0.6 is 0 Å². The van der Waals surface area contributed by atoms with Gasteiger partial charge in [0.1, 0.15) is 0 Å². The summed E-state index contributed by atoms with van der Waals surface area (Å²) in [4.78, 5) is 35.6. The van der Waals surface area contributed by atoms with E-state index in [2.05, 4.69) is 28.1 Å². The van der Waals surface area contributed by atoms with Crippen LogP contribution in [0, 0.1) is 0 Å². The molecule has 0 radical (unpaired) electrons. The number of hydrogen-bond acceptors (Lipinski definition) is 6. The molecular formula is C25H32N4O5. The molecule has 2 rings (SSSR count). The van der Waals surface area contributed by atoms with Gasteiger partial charge in [-0.2, -0.15) is 5.10 Å². The number of rotatable bonds is 12. The molecule has 3 N–H and O–H groups in total. The van der Waals surface area contributed by atoms with Gasteiger partial charge >= 0.3 is 11.8 Å². The third-order valence-electron chi connectivity index (χ3n) is 4.67. The Hall–Kier alpha value is -3.88. The van der Waals surface area contributed by atoms with Crippen molar-refractivity contribution in [2.24, 2.45) is 5.10 Å². The topological polar surface area (TPSA) is 118 Å². The van der Waals surface area contributed by atoms with Crippen molar-refractivity contribution in [3.63, 3.8) is 0 Å². The van der Waals surface area contributed by atoms with Crippen molar-refractivity contribution in [3.05, 3.63) is 53.6 Å². The van der Waals surface area contributed by atoms with Gasteiger partial charge in [0, 0.05) is 12.2 Å². The normalized spacial score (nSPS) is 10.6. The van der Waals surface area contributed by atoms with Gasteiger partial charge in [-0.05, 0) is 61.2 Å². The number of unbranched alkanes of at least 4 members (excludes halogenated alkanes) is 1. The highest BCUT2D eigenvalue weighted by atomic mass is 16.5. The molecule has 0 bridgehead atoms. The van der Waals surface area contributed by atoms with Crippen LogP contribution < -0.4 is 25.5 Å². The lowest BCUT2D eigenvalue weighted by Crippen LogP contribution is -2.38. The van der Waals surface area contributed by atoms with Crippen molar-refractivity contribution in [3.8, 4) is 11.5 Å². The summed E-state index contributed by atoms with van der Waals surface area (Å²) < 4.78 is 11.2. The summed E-state index contributed by atoms with van der Waals surface area (Å²) in [6, 6.07) is 12.6. The highest BCUT2D eigenvalue weighted by Crippen LogP contribution is 2.28. The molecule has 0 heterocycles. The van der Waals surface area contributed by atoms with E-state index in [1.54, 1.807) is 18.2 Å². The van der Waals surface area contributed by atoms with Crippen LogP contribution in [0.4, 0.5) is 5.69 Å². The lowest BCUT2D eigenvalue weighted by Gasteiger charge is -2.13. The maximum absolute atomic E-state index is 12.2. The van der Waals surface area contributed by atoms with Crippen molar-refractivity contribution in [2.75, 3.05) is 25.1 Å². The van der Waals surface area contributed by atoms with E-state index in [-0.39, 0.29) is 12.5 Å². The Morgan fingerprint density at radius 3 is 2.38 bits per heavy atom. The third kappa shape index (κ3) is 8.93. The van der Waals surface area contributed by atoms with Crippen LogP contribution in [-0.2, 0) is 20.8 Å². The predicted molar refractivity (Wildman–Crippen MR) is 131 cm³/mol. The maximum atomic E-state index is 12.2. The first kappa shape index (κ1) is 26.4. The van der Waals surface area contributed by atoms with Crippen LogP contribution in [0.2, 0.25) is 0 Å². The Labute approximate surface area is 199 Å². The fourth-order valence-corrected chi connectivity index (χ4v) is 2.83. The fraction of sp³-hybridized carbons (Fsp3) is 0.360. The molecule has 34 heavy (non-hydrogen) atoms. The Kier molecular flexibility index (Phi) is 11.1. The van der Waals surface area contributed by atoms with Crippen LogP contribution in [0.25, 0.3) is 0 Å². The molecule has 0 saturated carbocycles. The number of carbonyl (C=O) groups is 3. The van der Waals surface area contributed by atoms with Gasteiger partial charge in [-0.25, -0.2) is 5.43 Å². The molecule has 0 aliphatic carbocycles. The van der Waals surface area contributed by atoms with Crippen LogP contribution in [0.1, 0.15) is 44.7 Å². The molecule has 2 aromatic carbocycles. The lowest BCUT2D eigenvalue weighted by atomic mass is 10.1. The average molecular weight is 469 g/mol. The standard InChI is InChI=1S/C25H32N4O5/c1-4-7-14-26-24(31)25(32)29-27-16-19-10-13-21(22(15-19)33-6-3)34-17-23(30)28-20-11-8-18(5-2)9-12-20/h8-13,15-16H,4-7,14,17H2,1-3H3,(H,26,31)(H,28,30)(H,29,32)/b27-16-. The number of hydrogen-bond donors (Lipinski definition) is 3. The first-order valence-corrected chi connectivity index (χ1v) is 11.4. The van der Waals surface area contributed by atoms with Gasteiger partial charge in [-0.3, -0.25) is 14.4 Å². The van der Waals surface area contributed by atoms with Crippen LogP contribution in [0.15, 0.2) is 47.6 Å². The van der Waals surface area contributed by atoms with Gasteiger partial charge in [0.15, 0.2) is 18.1 Å². The second kappa shape index (κ2) is 14.3. The summed E-state index contributed by atoms with van der Waals surface area (Å²) in [5.41, 5.74) is 4.69. The summed E-state index contributed by atoms with van der Waals surface area (Å²) >= 11 is 0. The van der Waals surface area contributed by atoms with Crippen LogP contribution in [-0.4, -0.2) is 43.7 Å². The molecule has 0 saturated heterocycles. The Bertz CT molecular complexity index is 989. The molecule has 0 unspecified atom stereocenters. The number of nitrogens with zero attached hydrogens (tertiary/aromatic N) is 1. The van der Waals surface area contributed by atoms with Gasteiger partial charge in [0.25, 0.3) is 5.91 Å². The zero-order chi connectivity index (χ0) is 24.8. The molecular weight excluding hydrogens is 436 g/mol. The first-order chi connectivity index (χ1) is 16.5. The molecule has 0 fully saturated rings. The van der Waals surface area contributed by atoms with E-state index >= 15 is 0 Å². The van der Waals surface area contributed by atoms with E-state index < -0.39 is 11.8 Å². The number of ether oxygens (including phenoxy) is 2. The smallest absolute Gasteiger partial charge is 0.329 e. The van der Waals surface area contributed by atoms with Gasteiger partial charge in [-0.1, -0.05) is 32.4 Å². The zero-order valence-electron chi connectivity index (χ0n) is 19.8. The van der Waals surface area contributed by atoms with Gasteiger partial charge < -0.3 is 20.1 Å². The minimum atomic E-state index is -0.840. The van der Waals surface area contributed by atoms with Gasteiger partial charge in [0.2, 0.25) is 0 Å². The highest BCUT2D eigenvalue weighted by Gasteiger charge is 2.12. The number of amides is 3. The molecule has 0 aliphatic rings. The van der Waals surface area contributed by atoms with E-state index in [1.165, 1.54) is 11.8 Å². The summed E-state index contributed by atoms with van der Waals surface area (Å²) in [7, 11) is 0. The number of nitrogens with one attached hydrogen (secondary N) is 3. The second-order valence-electron chi connectivity index (χ2n) is 7.34. The molecule has 182 valence electrons. The van der Waals surface area contributed by atoms with E-state index in [1.807, 2.05) is 38.1 Å². The van der Waals surface area contributed by atoms with Crippen molar-refractivity contribution in [2.45, 2.75) is 40.0 Å². The van der Waals surface area contributed by atoms with E-state index in [0.717, 1.165) is 19.3 Å². The van der Waals surface area contributed by atoms with Crippen molar-refractivity contribution in [1.82, 2.24) is 10.7 Å². The van der Waals surface area contributed by atoms with Crippen molar-refractivity contribution < 1.29 is 23.9 Å². The van der Waals surface area contributed by atoms with Crippen LogP contribution in [0.3, 0.4) is 0 Å². The lowest BCUT2D eigenvalue weighted by molar-refractivity contribution is -0.139. The molecule has 0 atom stereocenters. The minimum Gasteiger partial charge on any atom is -0.490 e. The van der Waals surface area contributed by atoms with E-state index in [0.29, 0.717) is 35.9 Å². The summed E-state index contributed by atoms with van der Waals surface area (Å²) in [5, 5.41) is 9.11. The second-order valence-corrected chi connectivity index (χ2v) is 7.34. The Balaban J connectivity index is 1.92. The van der Waals surface area contributed by atoms with Crippen molar-refractivity contribution >= 4 is 29.6 Å². The SMILES string of the molecule is CCCCNC(=O)C(=O)N/N=C\c1ccc(OCC(=O)Nc2ccc(CC)cc2)c(OCC)c1. The molecule has 2 aromatic rings. The Morgan fingerprint density at radius 2 is 1.71 bits per heavy atom. The van der Waals surface area contributed by atoms with Gasteiger partial charge in [0.05, 0.1) is 12.8 Å². The van der Waals surface area contributed by atoms with Crippen LogP contribution in [0.5, 0.6) is 11.5 Å². The zero-order valence-corrected chi connectivity index (χ0v) is 19.8. The number of anilines is 1. The van der Waals surface area contributed by atoms with Gasteiger partial charge in [-0.15, -0.1) is 0 Å².